The molecule has 0 spiro atoms. The molecule has 7 heteroatoms. The number of rotatable bonds is 8. The minimum atomic E-state index is -0.209. The van der Waals surface area contributed by atoms with Crippen molar-refractivity contribution in [2.75, 3.05) is 23.8 Å². The third-order valence-corrected chi connectivity index (χ3v) is 4.14. The SMILES string of the molecule is Cc1ccc(NC(=O)COc2ccc(CCNc3nccnc3C#N)cc2)cc1. The Morgan fingerprint density at radius 1 is 1.07 bits per heavy atom. The number of ether oxygens (including phenoxy) is 1. The van der Waals surface area contributed by atoms with Gasteiger partial charge in [0.05, 0.1) is 0 Å². The van der Waals surface area contributed by atoms with Gasteiger partial charge < -0.3 is 15.4 Å². The summed E-state index contributed by atoms with van der Waals surface area (Å²) in [4.78, 5) is 20.1. The van der Waals surface area contributed by atoms with Crippen LogP contribution in [-0.4, -0.2) is 29.0 Å². The number of nitrogens with zero attached hydrogens (tertiary/aromatic N) is 3. The largest absolute Gasteiger partial charge is 0.484 e. The van der Waals surface area contributed by atoms with Gasteiger partial charge in [-0.25, -0.2) is 9.97 Å². The highest BCUT2D eigenvalue weighted by atomic mass is 16.5. The van der Waals surface area contributed by atoms with Crippen molar-refractivity contribution in [2.24, 2.45) is 0 Å². The fourth-order valence-corrected chi connectivity index (χ4v) is 2.61. The minimum Gasteiger partial charge on any atom is -0.484 e. The number of nitriles is 1. The predicted octanol–water partition coefficient (Wildman–Crippen LogP) is 3.33. The summed E-state index contributed by atoms with van der Waals surface area (Å²) in [6.07, 6.45) is 3.78. The number of benzene rings is 2. The minimum absolute atomic E-state index is 0.0572. The summed E-state index contributed by atoms with van der Waals surface area (Å²) in [5, 5.41) is 14.9. The average Bonchev–Trinajstić information content (AvgIpc) is 2.75. The molecule has 0 aliphatic carbocycles. The third-order valence-electron chi connectivity index (χ3n) is 4.14. The molecule has 0 bridgehead atoms. The zero-order valence-corrected chi connectivity index (χ0v) is 16.1. The maximum Gasteiger partial charge on any atom is 0.262 e. The Bertz CT molecular complexity index is 995. The molecule has 1 amide bonds. The topological polar surface area (TPSA) is 99.9 Å². The van der Waals surface area contributed by atoms with Crippen molar-refractivity contribution >= 4 is 17.4 Å². The molecule has 29 heavy (non-hydrogen) atoms. The van der Waals surface area contributed by atoms with Crippen molar-refractivity contribution in [3.05, 3.63) is 77.7 Å². The summed E-state index contributed by atoms with van der Waals surface area (Å²) >= 11 is 0. The van der Waals surface area contributed by atoms with E-state index in [1.807, 2.05) is 61.5 Å². The van der Waals surface area contributed by atoms with Crippen LogP contribution in [0.25, 0.3) is 0 Å². The van der Waals surface area contributed by atoms with Crippen LogP contribution in [0, 0.1) is 18.3 Å². The van der Waals surface area contributed by atoms with Gasteiger partial charge in [0.15, 0.2) is 18.1 Å². The van der Waals surface area contributed by atoms with Crippen molar-refractivity contribution in [1.82, 2.24) is 9.97 Å². The fourth-order valence-electron chi connectivity index (χ4n) is 2.61. The first-order valence-electron chi connectivity index (χ1n) is 9.17. The summed E-state index contributed by atoms with van der Waals surface area (Å²) in [7, 11) is 0. The van der Waals surface area contributed by atoms with E-state index < -0.39 is 0 Å². The summed E-state index contributed by atoms with van der Waals surface area (Å²) < 4.78 is 5.54. The zero-order chi connectivity index (χ0) is 20.5. The second-order valence-corrected chi connectivity index (χ2v) is 6.39. The van der Waals surface area contributed by atoms with Gasteiger partial charge in [0.25, 0.3) is 5.91 Å². The normalized spacial score (nSPS) is 10.1. The van der Waals surface area contributed by atoms with Crippen LogP contribution < -0.4 is 15.4 Å². The lowest BCUT2D eigenvalue weighted by Gasteiger charge is -2.09. The molecule has 1 heterocycles. The fraction of sp³-hybridized carbons (Fsp3) is 0.182. The summed E-state index contributed by atoms with van der Waals surface area (Å²) in [6.45, 7) is 2.55. The number of nitrogens with one attached hydrogen (secondary N) is 2. The summed E-state index contributed by atoms with van der Waals surface area (Å²) in [5.41, 5.74) is 3.25. The molecule has 146 valence electrons. The lowest BCUT2D eigenvalue weighted by Crippen LogP contribution is -2.20. The molecule has 1 aromatic heterocycles. The Labute approximate surface area is 169 Å². The number of aromatic nitrogens is 2. The van der Waals surface area contributed by atoms with E-state index in [9.17, 15) is 4.79 Å². The van der Waals surface area contributed by atoms with Gasteiger partial charge in [-0.3, -0.25) is 4.79 Å². The highest BCUT2D eigenvalue weighted by molar-refractivity contribution is 5.91. The van der Waals surface area contributed by atoms with E-state index in [1.165, 1.54) is 6.20 Å². The third kappa shape index (κ3) is 6.04. The first-order valence-corrected chi connectivity index (χ1v) is 9.17. The highest BCUT2D eigenvalue weighted by Gasteiger charge is 2.05. The highest BCUT2D eigenvalue weighted by Crippen LogP contribution is 2.14. The van der Waals surface area contributed by atoms with E-state index in [1.54, 1.807) is 6.20 Å². The molecule has 3 aromatic rings. The van der Waals surface area contributed by atoms with Crippen LogP contribution in [0.2, 0.25) is 0 Å². The first kappa shape index (κ1) is 19.8. The lowest BCUT2D eigenvalue weighted by atomic mass is 10.1. The molecule has 0 saturated heterocycles. The predicted molar refractivity (Wildman–Crippen MR) is 111 cm³/mol. The Morgan fingerprint density at radius 3 is 2.52 bits per heavy atom. The molecule has 0 atom stereocenters. The molecule has 0 saturated carbocycles. The van der Waals surface area contributed by atoms with E-state index in [4.69, 9.17) is 10.00 Å². The standard InChI is InChI=1S/C22H21N5O2/c1-16-2-6-18(7-3-16)27-21(28)15-29-19-8-4-17(5-9-19)10-11-25-22-20(14-23)24-12-13-26-22/h2-9,12-13H,10-11,15H2,1H3,(H,25,26)(H,27,28). The first-order chi connectivity index (χ1) is 14.1. The number of hydrogen-bond donors (Lipinski definition) is 2. The molecule has 7 nitrogen and oxygen atoms in total. The smallest absolute Gasteiger partial charge is 0.262 e. The van der Waals surface area contributed by atoms with Crippen LogP contribution in [0.4, 0.5) is 11.5 Å². The van der Waals surface area contributed by atoms with E-state index >= 15 is 0 Å². The van der Waals surface area contributed by atoms with Crippen molar-refractivity contribution < 1.29 is 9.53 Å². The Kier molecular flexibility index (Phi) is 6.74. The number of aryl methyl sites for hydroxylation is 1. The second kappa shape index (κ2) is 9.85. The van der Waals surface area contributed by atoms with Crippen molar-refractivity contribution in [1.29, 1.82) is 5.26 Å². The van der Waals surface area contributed by atoms with Gasteiger partial charge in [-0.15, -0.1) is 0 Å². The maximum atomic E-state index is 12.0. The Morgan fingerprint density at radius 2 is 1.79 bits per heavy atom. The monoisotopic (exact) mass is 387 g/mol. The van der Waals surface area contributed by atoms with Gasteiger partial charge in [-0.05, 0) is 43.2 Å². The Balaban J connectivity index is 1.43. The maximum absolute atomic E-state index is 12.0. The van der Waals surface area contributed by atoms with Gasteiger partial charge >= 0.3 is 0 Å². The van der Waals surface area contributed by atoms with Crippen LogP contribution >= 0.6 is 0 Å². The van der Waals surface area contributed by atoms with E-state index in [2.05, 4.69) is 20.6 Å². The van der Waals surface area contributed by atoms with E-state index in [-0.39, 0.29) is 18.2 Å². The van der Waals surface area contributed by atoms with Gasteiger partial charge in [0.2, 0.25) is 0 Å². The number of amides is 1. The van der Waals surface area contributed by atoms with Gasteiger partial charge in [0, 0.05) is 24.6 Å². The van der Waals surface area contributed by atoms with Crippen molar-refractivity contribution in [3.63, 3.8) is 0 Å². The quantitative estimate of drug-likeness (QED) is 0.615. The van der Waals surface area contributed by atoms with Crippen LogP contribution in [0.3, 0.4) is 0 Å². The molecule has 0 unspecified atom stereocenters. The molecule has 2 aromatic carbocycles. The van der Waals surface area contributed by atoms with Crippen LogP contribution in [0.5, 0.6) is 5.75 Å². The van der Waals surface area contributed by atoms with Crippen LogP contribution in [0.15, 0.2) is 60.9 Å². The molecule has 0 radical (unpaired) electrons. The van der Waals surface area contributed by atoms with E-state index in [0.717, 1.165) is 23.2 Å². The number of carbonyl (C=O) groups excluding carboxylic acids is 1. The molecule has 0 aliphatic rings. The van der Waals surface area contributed by atoms with Gasteiger partial charge in [0.1, 0.15) is 11.8 Å². The molecule has 3 rings (SSSR count). The molecule has 0 aliphatic heterocycles. The van der Waals surface area contributed by atoms with Crippen LogP contribution in [-0.2, 0) is 11.2 Å². The van der Waals surface area contributed by atoms with Crippen molar-refractivity contribution in [3.8, 4) is 11.8 Å². The number of anilines is 2. The molecular formula is C22H21N5O2. The molecule has 2 N–H and O–H groups in total. The number of carbonyl (C=O) groups is 1. The molecule has 0 fully saturated rings. The zero-order valence-electron chi connectivity index (χ0n) is 16.1. The van der Waals surface area contributed by atoms with E-state index in [0.29, 0.717) is 18.1 Å². The summed E-state index contributed by atoms with van der Waals surface area (Å²) in [5.74, 6) is 0.899. The summed E-state index contributed by atoms with van der Waals surface area (Å²) in [6, 6.07) is 17.1. The van der Waals surface area contributed by atoms with Gasteiger partial charge in [-0.2, -0.15) is 5.26 Å². The lowest BCUT2D eigenvalue weighted by molar-refractivity contribution is -0.118. The molecular weight excluding hydrogens is 366 g/mol. The second-order valence-electron chi connectivity index (χ2n) is 6.39. The number of hydrogen-bond acceptors (Lipinski definition) is 6. The average molecular weight is 387 g/mol. The van der Waals surface area contributed by atoms with Crippen LogP contribution in [0.1, 0.15) is 16.8 Å². The van der Waals surface area contributed by atoms with Crippen molar-refractivity contribution in [2.45, 2.75) is 13.3 Å². The van der Waals surface area contributed by atoms with Gasteiger partial charge in [-0.1, -0.05) is 29.8 Å². The Hall–Kier alpha value is -3.92.